The van der Waals surface area contributed by atoms with Gasteiger partial charge in [0.25, 0.3) is 5.91 Å². The van der Waals surface area contributed by atoms with E-state index in [0.717, 1.165) is 0 Å². The average molecular weight is 349 g/mol. The number of benzene rings is 2. The zero-order chi connectivity index (χ0) is 18.0. The van der Waals surface area contributed by atoms with E-state index >= 15 is 0 Å². The lowest BCUT2D eigenvalue weighted by Crippen LogP contribution is -2.16. The summed E-state index contributed by atoms with van der Waals surface area (Å²) in [7, 11) is 0. The van der Waals surface area contributed by atoms with Crippen molar-refractivity contribution in [3.8, 4) is 17.2 Å². The van der Waals surface area contributed by atoms with Crippen molar-refractivity contribution in [3.63, 3.8) is 0 Å². The zero-order valence-electron chi connectivity index (χ0n) is 13.0. The quantitative estimate of drug-likeness (QED) is 0.837. The first-order valence-electron chi connectivity index (χ1n) is 7.25. The van der Waals surface area contributed by atoms with Crippen molar-refractivity contribution in [2.45, 2.75) is 13.5 Å². The second-order valence-electron chi connectivity index (χ2n) is 5.14. The minimum absolute atomic E-state index is 0.00907. The maximum absolute atomic E-state index is 12.5. The number of hydrogen-bond acceptors (Lipinski definition) is 5. The summed E-state index contributed by atoms with van der Waals surface area (Å²) in [5.74, 6) is -0.495. The predicted octanol–water partition coefficient (Wildman–Crippen LogP) is 3.47. The van der Waals surface area contributed by atoms with Gasteiger partial charge in [-0.3, -0.25) is 9.59 Å². The van der Waals surface area contributed by atoms with E-state index in [-0.39, 0.29) is 35.1 Å². The first kappa shape index (κ1) is 16.7. The summed E-state index contributed by atoms with van der Waals surface area (Å²) < 4.78 is 39.7. The van der Waals surface area contributed by atoms with Gasteiger partial charge in [0.05, 0.1) is 11.3 Å². The molecule has 0 fully saturated rings. The van der Waals surface area contributed by atoms with Gasteiger partial charge in [-0.05, 0) is 25.1 Å². The molecule has 1 aliphatic rings. The number of anilines is 1. The molecular weight excluding hydrogens is 336 g/mol. The van der Waals surface area contributed by atoms with Gasteiger partial charge < -0.3 is 19.5 Å². The molecule has 8 heteroatoms. The van der Waals surface area contributed by atoms with Crippen LogP contribution in [0, 0.1) is 0 Å². The lowest BCUT2D eigenvalue weighted by atomic mass is 10.1. The first-order chi connectivity index (χ1) is 12.0. The Labute approximate surface area is 141 Å². The van der Waals surface area contributed by atoms with Crippen LogP contribution < -0.4 is 19.5 Å². The number of amides is 1. The summed E-state index contributed by atoms with van der Waals surface area (Å²) in [6, 6.07) is 8.49. The van der Waals surface area contributed by atoms with E-state index in [1.807, 2.05) is 0 Å². The van der Waals surface area contributed by atoms with Crippen LogP contribution in [0.1, 0.15) is 27.6 Å². The van der Waals surface area contributed by atoms with Gasteiger partial charge in [-0.15, -0.1) is 0 Å². The number of nitrogens with one attached hydrogen (secondary N) is 1. The SMILES string of the molecule is CC(=O)c1cc2c(cc1NC(=O)c1ccccc1OC(F)F)OCO2. The highest BCUT2D eigenvalue weighted by Crippen LogP contribution is 2.37. The van der Waals surface area contributed by atoms with Crippen molar-refractivity contribution >= 4 is 17.4 Å². The minimum Gasteiger partial charge on any atom is -0.454 e. The molecule has 0 bridgehead atoms. The number of carbonyl (C=O) groups excluding carboxylic acids is 2. The number of carbonyl (C=O) groups is 2. The van der Waals surface area contributed by atoms with E-state index < -0.39 is 12.5 Å². The van der Waals surface area contributed by atoms with Crippen molar-refractivity contribution in [2.24, 2.45) is 0 Å². The number of ketones is 1. The fraction of sp³-hybridized carbons (Fsp3) is 0.176. The number of halogens is 2. The van der Waals surface area contributed by atoms with E-state index in [9.17, 15) is 18.4 Å². The Bertz CT molecular complexity index is 838. The van der Waals surface area contributed by atoms with Crippen LogP contribution >= 0.6 is 0 Å². The summed E-state index contributed by atoms with van der Waals surface area (Å²) in [6.07, 6.45) is 0. The Kier molecular flexibility index (Phi) is 4.51. The first-order valence-corrected chi connectivity index (χ1v) is 7.25. The molecule has 1 aliphatic heterocycles. The maximum atomic E-state index is 12.5. The summed E-state index contributed by atoms with van der Waals surface area (Å²) in [4.78, 5) is 24.3. The molecule has 6 nitrogen and oxygen atoms in total. The highest BCUT2D eigenvalue weighted by atomic mass is 19.3. The molecule has 0 radical (unpaired) electrons. The molecule has 0 unspecified atom stereocenters. The topological polar surface area (TPSA) is 73.9 Å². The van der Waals surface area contributed by atoms with Gasteiger partial charge in [0.15, 0.2) is 17.3 Å². The van der Waals surface area contributed by atoms with Crippen LogP contribution in [-0.4, -0.2) is 25.1 Å². The number of para-hydroxylation sites is 1. The number of rotatable bonds is 5. The van der Waals surface area contributed by atoms with Crippen molar-refractivity contribution in [1.82, 2.24) is 0 Å². The molecule has 1 amide bonds. The Morgan fingerprint density at radius 1 is 1.12 bits per heavy atom. The fourth-order valence-corrected chi connectivity index (χ4v) is 2.38. The highest BCUT2D eigenvalue weighted by molar-refractivity contribution is 6.10. The minimum atomic E-state index is -3.06. The third kappa shape index (κ3) is 3.52. The molecule has 0 saturated carbocycles. The molecule has 0 atom stereocenters. The molecule has 1 N–H and O–H groups in total. The molecule has 130 valence electrons. The zero-order valence-corrected chi connectivity index (χ0v) is 13.0. The van der Waals surface area contributed by atoms with Crippen LogP contribution in [0.3, 0.4) is 0 Å². The van der Waals surface area contributed by atoms with Crippen molar-refractivity contribution in [2.75, 3.05) is 12.1 Å². The molecule has 0 spiro atoms. The van der Waals surface area contributed by atoms with E-state index in [0.29, 0.717) is 11.5 Å². The molecule has 2 aromatic rings. The third-order valence-corrected chi connectivity index (χ3v) is 3.49. The fourth-order valence-electron chi connectivity index (χ4n) is 2.38. The molecule has 1 heterocycles. The number of Topliss-reactive ketones (excluding diaryl/α,β-unsaturated/α-hetero) is 1. The van der Waals surface area contributed by atoms with Crippen molar-refractivity contribution in [3.05, 3.63) is 47.5 Å². The second-order valence-corrected chi connectivity index (χ2v) is 5.14. The number of fused-ring (bicyclic) bond motifs is 1. The Morgan fingerprint density at radius 2 is 1.80 bits per heavy atom. The van der Waals surface area contributed by atoms with Gasteiger partial charge in [-0.1, -0.05) is 12.1 Å². The molecular formula is C17H13F2NO5. The van der Waals surface area contributed by atoms with Crippen LogP contribution in [0.4, 0.5) is 14.5 Å². The van der Waals surface area contributed by atoms with E-state index in [1.165, 1.54) is 43.3 Å². The number of ether oxygens (including phenoxy) is 3. The van der Waals surface area contributed by atoms with Crippen LogP contribution in [0.15, 0.2) is 36.4 Å². The lowest BCUT2D eigenvalue weighted by molar-refractivity contribution is -0.0501. The molecule has 3 rings (SSSR count). The number of alkyl halides is 2. The summed E-state index contributed by atoms with van der Waals surface area (Å²) >= 11 is 0. The van der Waals surface area contributed by atoms with Crippen molar-refractivity contribution in [1.29, 1.82) is 0 Å². The predicted molar refractivity (Wildman–Crippen MR) is 83.6 cm³/mol. The summed E-state index contributed by atoms with van der Waals surface area (Å²) in [5, 5.41) is 2.53. The largest absolute Gasteiger partial charge is 0.454 e. The van der Waals surface area contributed by atoms with Gasteiger partial charge in [-0.25, -0.2) is 0 Å². The Balaban J connectivity index is 1.93. The summed E-state index contributed by atoms with van der Waals surface area (Å²) in [5.41, 5.74) is 0.313. The van der Waals surface area contributed by atoms with Gasteiger partial charge in [0.1, 0.15) is 5.75 Å². The van der Waals surface area contributed by atoms with E-state index in [2.05, 4.69) is 10.1 Å². The van der Waals surface area contributed by atoms with Crippen LogP contribution in [0.5, 0.6) is 17.2 Å². The van der Waals surface area contributed by atoms with Crippen LogP contribution in [0.2, 0.25) is 0 Å². The van der Waals surface area contributed by atoms with Gasteiger partial charge in [0, 0.05) is 11.6 Å². The monoisotopic (exact) mass is 349 g/mol. The molecule has 2 aromatic carbocycles. The third-order valence-electron chi connectivity index (χ3n) is 3.49. The standard InChI is InChI=1S/C17H13F2NO5/c1-9(21)11-6-14-15(24-8-23-14)7-12(11)20-16(22)10-4-2-3-5-13(10)25-17(18)19/h2-7,17H,8H2,1H3,(H,20,22). The molecule has 0 aromatic heterocycles. The normalized spacial score (nSPS) is 12.2. The van der Waals surface area contributed by atoms with E-state index in [1.54, 1.807) is 0 Å². The Hall–Kier alpha value is -3.16. The van der Waals surface area contributed by atoms with Crippen LogP contribution in [0.25, 0.3) is 0 Å². The number of hydrogen-bond donors (Lipinski definition) is 1. The van der Waals surface area contributed by atoms with Gasteiger partial charge in [-0.2, -0.15) is 8.78 Å². The van der Waals surface area contributed by atoms with Gasteiger partial charge >= 0.3 is 6.61 Å². The molecule has 0 saturated heterocycles. The second kappa shape index (κ2) is 6.76. The highest BCUT2D eigenvalue weighted by Gasteiger charge is 2.22. The summed E-state index contributed by atoms with van der Waals surface area (Å²) in [6.45, 7) is -1.72. The molecule has 25 heavy (non-hydrogen) atoms. The maximum Gasteiger partial charge on any atom is 0.387 e. The van der Waals surface area contributed by atoms with Crippen LogP contribution in [-0.2, 0) is 0 Å². The molecule has 0 aliphatic carbocycles. The Morgan fingerprint density at radius 3 is 2.48 bits per heavy atom. The van der Waals surface area contributed by atoms with Gasteiger partial charge in [0.2, 0.25) is 6.79 Å². The smallest absolute Gasteiger partial charge is 0.387 e. The average Bonchev–Trinajstić information content (AvgIpc) is 3.01. The van der Waals surface area contributed by atoms with Crippen molar-refractivity contribution < 1.29 is 32.6 Å². The van der Waals surface area contributed by atoms with E-state index in [4.69, 9.17) is 9.47 Å². The lowest BCUT2D eigenvalue weighted by Gasteiger charge is -2.13.